The third-order valence-electron chi connectivity index (χ3n) is 2.91. The van der Waals surface area contributed by atoms with Crippen molar-refractivity contribution in [3.63, 3.8) is 0 Å². The van der Waals surface area contributed by atoms with Gasteiger partial charge in [-0.05, 0) is 31.0 Å². The fraction of sp³-hybridized carbons (Fsp3) is 0.462. The number of nitrogens with two attached hydrogens (primary N) is 1. The van der Waals surface area contributed by atoms with E-state index in [9.17, 15) is 4.79 Å². The molecule has 0 spiro atoms. The summed E-state index contributed by atoms with van der Waals surface area (Å²) in [7, 11) is 1.81. The third-order valence-corrected chi connectivity index (χ3v) is 3.41. The van der Waals surface area contributed by atoms with Gasteiger partial charge in [0.2, 0.25) is 5.91 Å². The lowest BCUT2D eigenvalue weighted by molar-refractivity contribution is -0.131. The number of carbonyl (C=O) groups excluding carboxylic acids is 1. The SMILES string of the molecule is CC(CN)N(C)C(=O)CCc1cccc(Br)c1. The Morgan fingerprint density at radius 1 is 1.53 bits per heavy atom. The van der Waals surface area contributed by atoms with Gasteiger partial charge in [-0.25, -0.2) is 0 Å². The summed E-state index contributed by atoms with van der Waals surface area (Å²) >= 11 is 3.42. The van der Waals surface area contributed by atoms with Crippen LogP contribution in [0.25, 0.3) is 0 Å². The van der Waals surface area contributed by atoms with Gasteiger partial charge in [-0.3, -0.25) is 4.79 Å². The predicted octanol–water partition coefficient (Wildman–Crippen LogP) is 2.19. The molecule has 1 unspecified atom stereocenters. The van der Waals surface area contributed by atoms with E-state index in [1.807, 2.05) is 31.2 Å². The van der Waals surface area contributed by atoms with Crippen molar-refractivity contribution in [1.29, 1.82) is 0 Å². The molecule has 1 rings (SSSR count). The summed E-state index contributed by atoms with van der Waals surface area (Å²) in [5.41, 5.74) is 6.71. The second kappa shape index (κ2) is 6.77. The molecule has 3 nitrogen and oxygen atoms in total. The number of carbonyl (C=O) groups is 1. The van der Waals surface area contributed by atoms with E-state index < -0.39 is 0 Å². The monoisotopic (exact) mass is 298 g/mol. The molecule has 0 saturated heterocycles. The van der Waals surface area contributed by atoms with Crippen LogP contribution in [0.2, 0.25) is 0 Å². The highest BCUT2D eigenvalue weighted by Gasteiger charge is 2.13. The summed E-state index contributed by atoms with van der Waals surface area (Å²) in [6.07, 6.45) is 1.29. The van der Waals surface area contributed by atoms with Crippen LogP contribution in [-0.2, 0) is 11.2 Å². The zero-order valence-electron chi connectivity index (χ0n) is 10.3. The molecule has 0 aliphatic carbocycles. The molecule has 0 aromatic heterocycles. The van der Waals surface area contributed by atoms with E-state index in [0.717, 1.165) is 10.9 Å². The number of amides is 1. The quantitative estimate of drug-likeness (QED) is 0.906. The summed E-state index contributed by atoms with van der Waals surface area (Å²) in [5.74, 6) is 0.142. The lowest BCUT2D eigenvalue weighted by atomic mass is 10.1. The van der Waals surface area contributed by atoms with Gasteiger partial charge in [0, 0.05) is 30.5 Å². The molecule has 0 fully saturated rings. The van der Waals surface area contributed by atoms with E-state index in [2.05, 4.69) is 15.9 Å². The van der Waals surface area contributed by atoms with Gasteiger partial charge in [0.15, 0.2) is 0 Å². The maximum Gasteiger partial charge on any atom is 0.222 e. The molecular weight excluding hydrogens is 280 g/mol. The zero-order chi connectivity index (χ0) is 12.8. The lowest BCUT2D eigenvalue weighted by Gasteiger charge is -2.23. The van der Waals surface area contributed by atoms with Gasteiger partial charge in [-0.1, -0.05) is 28.1 Å². The predicted molar refractivity (Wildman–Crippen MR) is 73.7 cm³/mol. The molecule has 0 bridgehead atoms. The molecule has 1 aromatic carbocycles. The molecule has 1 amide bonds. The number of hydrogen-bond acceptors (Lipinski definition) is 2. The molecule has 1 atom stereocenters. The first-order valence-corrected chi connectivity index (χ1v) is 6.54. The van der Waals surface area contributed by atoms with Crippen LogP contribution in [0.5, 0.6) is 0 Å². The molecule has 2 N–H and O–H groups in total. The number of likely N-dealkylation sites (N-methyl/N-ethyl adjacent to an activating group) is 1. The average molecular weight is 299 g/mol. The van der Waals surface area contributed by atoms with Crippen molar-refractivity contribution in [2.45, 2.75) is 25.8 Å². The Morgan fingerprint density at radius 2 is 2.24 bits per heavy atom. The fourth-order valence-corrected chi connectivity index (χ4v) is 1.97. The van der Waals surface area contributed by atoms with E-state index in [4.69, 9.17) is 5.73 Å². The Hall–Kier alpha value is -0.870. The zero-order valence-corrected chi connectivity index (χ0v) is 11.9. The maximum atomic E-state index is 11.9. The first-order chi connectivity index (χ1) is 8.04. The molecule has 0 radical (unpaired) electrons. The van der Waals surface area contributed by atoms with Gasteiger partial charge in [-0.2, -0.15) is 0 Å². The van der Waals surface area contributed by atoms with Crippen LogP contribution in [0.15, 0.2) is 28.7 Å². The van der Waals surface area contributed by atoms with Crippen molar-refractivity contribution in [2.75, 3.05) is 13.6 Å². The Bertz CT molecular complexity index is 381. The standard InChI is InChI=1S/C13H19BrN2O/c1-10(9-15)16(2)13(17)7-6-11-4-3-5-12(14)8-11/h3-5,8,10H,6-7,9,15H2,1-2H3. The van der Waals surface area contributed by atoms with Crippen molar-refractivity contribution in [1.82, 2.24) is 4.90 Å². The normalized spacial score (nSPS) is 12.2. The minimum Gasteiger partial charge on any atom is -0.342 e. The average Bonchev–Trinajstić information content (AvgIpc) is 2.34. The third kappa shape index (κ3) is 4.48. The Morgan fingerprint density at radius 3 is 2.82 bits per heavy atom. The van der Waals surface area contributed by atoms with Crippen LogP contribution in [0.1, 0.15) is 18.9 Å². The second-order valence-electron chi connectivity index (χ2n) is 4.22. The van der Waals surface area contributed by atoms with Gasteiger partial charge in [0.05, 0.1) is 0 Å². The highest BCUT2D eigenvalue weighted by atomic mass is 79.9. The van der Waals surface area contributed by atoms with Crippen LogP contribution in [0, 0.1) is 0 Å². The molecule has 17 heavy (non-hydrogen) atoms. The van der Waals surface area contributed by atoms with Gasteiger partial charge >= 0.3 is 0 Å². The molecule has 0 saturated carbocycles. The fourth-order valence-electron chi connectivity index (χ4n) is 1.52. The van der Waals surface area contributed by atoms with E-state index >= 15 is 0 Å². The van der Waals surface area contributed by atoms with Crippen molar-refractivity contribution in [3.05, 3.63) is 34.3 Å². The number of hydrogen-bond donors (Lipinski definition) is 1. The number of halogens is 1. The second-order valence-corrected chi connectivity index (χ2v) is 5.13. The largest absolute Gasteiger partial charge is 0.342 e. The summed E-state index contributed by atoms with van der Waals surface area (Å²) in [4.78, 5) is 13.6. The number of benzene rings is 1. The van der Waals surface area contributed by atoms with Gasteiger partial charge in [0.1, 0.15) is 0 Å². The van der Waals surface area contributed by atoms with Crippen LogP contribution in [0.3, 0.4) is 0 Å². The van der Waals surface area contributed by atoms with Gasteiger partial charge in [0.25, 0.3) is 0 Å². The van der Waals surface area contributed by atoms with Crippen molar-refractivity contribution >= 4 is 21.8 Å². The number of rotatable bonds is 5. The molecule has 94 valence electrons. The molecule has 0 heterocycles. The van der Waals surface area contributed by atoms with E-state index in [-0.39, 0.29) is 11.9 Å². The minimum absolute atomic E-state index is 0.102. The Labute approximate surface area is 111 Å². The first-order valence-electron chi connectivity index (χ1n) is 5.74. The molecule has 0 aliphatic rings. The summed E-state index contributed by atoms with van der Waals surface area (Å²) < 4.78 is 1.05. The molecule has 1 aromatic rings. The summed E-state index contributed by atoms with van der Waals surface area (Å²) in [6.45, 7) is 2.45. The lowest BCUT2D eigenvalue weighted by Crippen LogP contribution is -2.39. The smallest absolute Gasteiger partial charge is 0.222 e. The van der Waals surface area contributed by atoms with Crippen molar-refractivity contribution < 1.29 is 4.79 Å². The highest BCUT2D eigenvalue weighted by molar-refractivity contribution is 9.10. The summed E-state index contributed by atoms with van der Waals surface area (Å²) in [5, 5.41) is 0. The maximum absolute atomic E-state index is 11.9. The van der Waals surface area contributed by atoms with Gasteiger partial charge < -0.3 is 10.6 Å². The Balaban J connectivity index is 2.48. The highest BCUT2D eigenvalue weighted by Crippen LogP contribution is 2.13. The molecular formula is C13H19BrN2O. The Kier molecular flexibility index (Phi) is 5.65. The van der Waals surface area contributed by atoms with Crippen LogP contribution in [0.4, 0.5) is 0 Å². The number of nitrogens with zero attached hydrogens (tertiary/aromatic N) is 1. The van der Waals surface area contributed by atoms with Crippen LogP contribution < -0.4 is 5.73 Å². The topological polar surface area (TPSA) is 46.3 Å². The van der Waals surface area contributed by atoms with Crippen LogP contribution in [-0.4, -0.2) is 30.4 Å². The van der Waals surface area contributed by atoms with Crippen LogP contribution >= 0.6 is 15.9 Å². The van der Waals surface area contributed by atoms with Crippen molar-refractivity contribution in [3.8, 4) is 0 Å². The minimum atomic E-state index is 0.102. The van der Waals surface area contributed by atoms with Crippen molar-refractivity contribution in [2.24, 2.45) is 5.73 Å². The van der Waals surface area contributed by atoms with E-state index in [0.29, 0.717) is 13.0 Å². The molecule has 4 heteroatoms. The molecule has 0 aliphatic heterocycles. The van der Waals surface area contributed by atoms with E-state index in [1.54, 1.807) is 11.9 Å². The first kappa shape index (κ1) is 14.2. The van der Waals surface area contributed by atoms with E-state index in [1.165, 1.54) is 5.56 Å². The van der Waals surface area contributed by atoms with Gasteiger partial charge in [-0.15, -0.1) is 0 Å². The summed E-state index contributed by atoms with van der Waals surface area (Å²) in [6, 6.07) is 8.14. The number of aryl methyl sites for hydroxylation is 1.